The lowest BCUT2D eigenvalue weighted by Gasteiger charge is -2.08. The van der Waals surface area contributed by atoms with Crippen LogP contribution in [0.15, 0.2) is 59.3 Å². The normalized spacial score (nSPS) is 11.4. The lowest BCUT2D eigenvalue weighted by molar-refractivity contribution is -0.137. The number of halogens is 1. The Balaban J connectivity index is 1.80. The molecule has 0 unspecified atom stereocenters. The van der Waals surface area contributed by atoms with Gasteiger partial charge in [-0.3, -0.25) is 0 Å². The molecule has 0 amide bonds. The van der Waals surface area contributed by atoms with E-state index < -0.39 is 5.97 Å². The van der Waals surface area contributed by atoms with Crippen LogP contribution < -0.4 is 0 Å². The fourth-order valence-corrected chi connectivity index (χ4v) is 3.40. The molecule has 3 rings (SSSR count). The van der Waals surface area contributed by atoms with Crippen LogP contribution in [0.3, 0.4) is 0 Å². The van der Waals surface area contributed by atoms with E-state index in [4.69, 9.17) is 4.74 Å². The van der Waals surface area contributed by atoms with Gasteiger partial charge in [0.05, 0.1) is 5.57 Å². The minimum atomic E-state index is -0.455. The van der Waals surface area contributed by atoms with Crippen molar-refractivity contribution in [3.63, 3.8) is 0 Å². The predicted molar refractivity (Wildman–Crippen MR) is 92.7 cm³/mol. The summed E-state index contributed by atoms with van der Waals surface area (Å²) in [6.45, 7) is -0.0847. The predicted octanol–water partition coefficient (Wildman–Crippen LogP) is 5.23. The molecule has 2 aromatic heterocycles. The summed E-state index contributed by atoms with van der Waals surface area (Å²) >= 11 is 3.01. The van der Waals surface area contributed by atoms with Gasteiger partial charge in [-0.1, -0.05) is 30.3 Å². The van der Waals surface area contributed by atoms with E-state index in [1.807, 2.05) is 35.0 Å². The van der Waals surface area contributed by atoms with Gasteiger partial charge in [-0.05, 0) is 35.0 Å². The van der Waals surface area contributed by atoms with Crippen molar-refractivity contribution in [2.24, 2.45) is 0 Å². The number of carbonyl (C=O) groups excluding carboxylic acids is 1. The van der Waals surface area contributed by atoms with Gasteiger partial charge in [0, 0.05) is 15.3 Å². The first-order chi connectivity index (χ1) is 11.2. The second-order valence-electron chi connectivity index (χ2n) is 4.72. The number of hydrogen-bond acceptors (Lipinski definition) is 4. The Hall–Kier alpha value is -2.24. The van der Waals surface area contributed by atoms with Crippen molar-refractivity contribution in [3.05, 3.63) is 80.4 Å². The maximum atomic E-state index is 13.6. The van der Waals surface area contributed by atoms with Crippen molar-refractivity contribution < 1.29 is 13.9 Å². The van der Waals surface area contributed by atoms with Gasteiger partial charge in [0.1, 0.15) is 12.4 Å². The van der Waals surface area contributed by atoms with E-state index in [0.29, 0.717) is 11.1 Å². The zero-order chi connectivity index (χ0) is 16.1. The Morgan fingerprint density at radius 1 is 1.04 bits per heavy atom. The van der Waals surface area contributed by atoms with Gasteiger partial charge in [0.15, 0.2) is 0 Å². The van der Waals surface area contributed by atoms with Gasteiger partial charge in [-0.15, -0.1) is 22.7 Å². The molecule has 5 heteroatoms. The smallest absolute Gasteiger partial charge is 0.339 e. The summed E-state index contributed by atoms with van der Waals surface area (Å²) in [5.41, 5.74) is 0.848. The van der Waals surface area contributed by atoms with Crippen LogP contribution in [0.4, 0.5) is 4.39 Å². The third-order valence-corrected chi connectivity index (χ3v) is 4.88. The molecule has 0 aliphatic rings. The summed E-state index contributed by atoms with van der Waals surface area (Å²) in [5, 5.41) is 3.85. The quantitative estimate of drug-likeness (QED) is 0.468. The van der Waals surface area contributed by atoms with E-state index in [0.717, 1.165) is 9.75 Å². The van der Waals surface area contributed by atoms with E-state index in [1.54, 1.807) is 35.6 Å². The molecule has 116 valence electrons. The molecule has 0 N–H and O–H groups in total. The molecular formula is C18H13FO2S2. The highest BCUT2D eigenvalue weighted by molar-refractivity contribution is 7.12. The lowest BCUT2D eigenvalue weighted by Crippen LogP contribution is -2.07. The summed E-state index contributed by atoms with van der Waals surface area (Å²) in [6, 6.07) is 13.9. The number of carbonyl (C=O) groups is 1. The Morgan fingerprint density at radius 3 is 2.52 bits per heavy atom. The van der Waals surface area contributed by atoms with E-state index in [9.17, 15) is 9.18 Å². The van der Waals surface area contributed by atoms with Crippen molar-refractivity contribution >= 4 is 40.3 Å². The van der Waals surface area contributed by atoms with Crippen LogP contribution in [-0.2, 0) is 16.1 Å². The highest BCUT2D eigenvalue weighted by Gasteiger charge is 2.16. The first-order valence-electron chi connectivity index (χ1n) is 6.93. The van der Waals surface area contributed by atoms with Crippen LogP contribution in [0.5, 0.6) is 0 Å². The molecule has 0 saturated carbocycles. The molecular weight excluding hydrogens is 331 g/mol. The highest BCUT2D eigenvalue weighted by atomic mass is 32.1. The molecule has 0 spiro atoms. The fraction of sp³-hybridized carbons (Fsp3) is 0.0556. The molecule has 2 nitrogen and oxygen atoms in total. The van der Waals surface area contributed by atoms with Crippen LogP contribution in [0.25, 0.3) is 11.6 Å². The number of thiophene rings is 2. The molecule has 0 saturated heterocycles. The first kappa shape index (κ1) is 15.6. The molecule has 1 aromatic carbocycles. The van der Waals surface area contributed by atoms with Crippen LogP contribution in [0.2, 0.25) is 0 Å². The topological polar surface area (TPSA) is 26.3 Å². The molecule has 0 aliphatic carbocycles. The fourth-order valence-electron chi connectivity index (χ4n) is 2.01. The maximum absolute atomic E-state index is 13.6. The third-order valence-electron chi connectivity index (χ3n) is 3.15. The minimum absolute atomic E-state index is 0.0847. The summed E-state index contributed by atoms with van der Waals surface area (Å²) in [5.74, 6) is -0.829. The van der Waals surface area contributed by atoms with Crippen molar-refractivity contribution in [1.29, 1.82) is 0 Å². The van der Waals surface area contributed by atoms with Gasteiger partial charge in [-0.2, -0.15) is 0 Å². The van der Waals surface area contributed by atoms with Crippen LogP contribution >= 0.6 is 22.7 Å². The maximum Gasteiger partial charge on any atom is 0.339 e. The third kappa shape index (κ3) is 3.94. The van der Waals surface area contributed by atoms with E-state index in [1.165, 1.54) is 17.4 Å². The van der Waals surface area contributed by atoms with E-state index in [-0.39, 0.29) is 12.4 Å². The average Bonchev–Trinajstić information content (AvgIpc) is 3.25. The van der Waals surface area contributed by atoms with Gasteiger partial charge in [-0.25, -0.2) is 9.18 Å². The van der Waals surface area contributed by atoms with Crippen molar-refractivity contribution in [3.8, 4) is 0 Å². The van der Waals surface area contributed by atoms with E-state index in [2.05, 4.69) is 0 Å². The van der Waals surface area contributed by atoms with Crippen LogP contribution in [0.1, 0.15) is 15.3 Å². The molecule has 23 heavy (non-hydrogen) atoms. The van der Waals surface area contributed by atoms with Crippen molar-refractivity contribution in [2.75, 3.05) is 0 Å². The SMILES string of the molecule is O=C(OCc1ccccc1F)C(=Cc1cccs1)c1cccs1. The number of hydrogen-bond donors (Lipinski definition) is 0. The molecule has 2 heterocycles. The number of benzene rings is 1. The molecule has 0 radical (unpaired) electrons. The Kier molecular flexibility index (Phi) is 5.00. The first-order valence-corrected chi connectivity index (χ1v) is 8.69. The van der Waals surface area contributed by atoms with Crippen LogP contribution in [0, 0.1) is 5.82 Å². The number of ether oxygens (including phenoxy) is 1. The Morgan fingerprint density at radius 2 is 1.83 bits per heavy atom. The van der Waals surface area contributed by atoms with Crippen molar-refractivity contribution in [1.82, 2.24) is 0 Å². The molecule has 3 aromatic rings. The molecule has 0 atom stereocenters. The second kappa shape index (κ2) is 7.35. The van der Waals surface area contributed by atoms with Crippen LogP contribution in [-0.4, -0.2) is 5.97 Å². The lowest BCUT2D eigenvalue weighted by atomic mass is 10.2. The summed E-state index contributed by atoms with van der Waals surface area (Å²) in [7, 11) is 0. The van der Waals surface area contributed by atoms with Crippen molar-refractivity contribution in [2.45, 2.75) is 6.61 Å². The monoisotopic (exact) mass is 344 g/mol. The summed E-state index contributed by atoms with van der Waals surface area (Å²) < 4.78 is 18.9. The molecule has 0 bridgehead atoms. The number of rotatable bonds is 5. The largest absolute Gasteiger partial charge is 0.457 e. The summed E-state index contributed by atoms with van der Waals surface area (Å²) in [6.07, 6.45) is 1.81. The van der Waals surface area contributed by atoms with Gasteiger partial charge in [0.2, 0.25) is 0 Å². The average molecular weight is 344 g/mol. The standard InChI is InChI=1S/C18H13FO2S2/c19-16-7-2-1-5-13(16)12-21-18(20)15(17-8-4-10-23-17)11-14-6-3-9-22-14/h1-11H,12H2. The Bertz CT molecular complexity index is 805. The minimum Gasteiger partial charge on any atom is -0.457 e. The van der Waals surface area contributed by atoms with Gasteiger partial charge < -0.3 is 4.74 Å². The zero-order valence-electron chi connectivity index (χ0n) is 12.1. The molecule has 0 fully saturated rings. The van der Waals surface area contributed by atoms with Gasteiger partial charge in [0.25, 0.3) is 0 Å². The second-order valence-corrected chi connectivity index (χ2v) is 6.65. The Labute approximate surface area is 141 Å². The highest BCUT2D eigenvalue weighted by Crippen LogP contribution is 2.26. The number of esters is 1. The zero-order valence-corrected chi connectivity index (χ0v) is 13.7. The molecule has 0 aliphatic heterocycles. The van der Waals surface area contributed by atoms with Gasteiger partial charge >= 0.3 is 5.97 Å². The van der Waals surface area contributed by atoms with E-state index >= 15 is 0 Å². The summed E-state index contributed by atoms with van der Waals surface area (Å²) in [4.78, 5) is 14.3.